The van der Waals surface area contributed by atoms with E-state index in [1.807, 2.05) is 38.1 Å². The summed E-state index contributed by atoms with van der Waals surface area (Å²) in [4.78, 5) is 8.24. The maximum Gasteiger partial charge on any atom is 0.195 e. The molecular formula is C12H19Cl2N5. The van der Waals surface area contributed by atoms with Crippen molar-refractivity contribution in [2.75, 3.05) is 0 Å². The highest BCUT2D eigenvalue weighted by Crippen LogP contribution is 2.09. The Bertz CT molecular complexity index is 440. The summed E-state index contributed by atoms with van der Waals surface area (Å²) in [5, 5.41) is 3.42. The quantitative estimate of drug-likeness (QED) is 0.588. The molecule has 106 valence electrons. The van der Waals surface area contributed by atoms with Crippen molar-refractivity contribution >= 4 is 35.9 Å². The minimum absolute atomic E-state index is 0. The fraction of sp³-hybridized carbons (Fsp3) is 0.333. The first-order valence-electron chi connectivity index (χ1n) is 5.62. The first-order valence-corrected chi connectivity index (χ1v) is 6.00. The molecule has 0 radical (unpaired) electrons. The molecule has 0 aromatic heterocycles. The van der Waals surface area contributed by atoms with E-state index in [2.05, 4.69) is 15.3 Å². The van der Waals surface area contributed by atoms with Crippen LogP contribution in [0.15, 0.2) is 34.3 Å². The third-order valence-electron chi connectivity index (χ3n) is 2.00. The number of aliphatic imine (C=N–C) groups is 2. The summed E-state index contributed by atoms with van der Waals surface area (Å²) in [6.07, 6.45) is 0. The zero-order valence-electron chi connectivity index (χ0n) is 10.9. The number of hydrogen-bond acceptors (Lipinski definition) is 2. The van der Waals surface area contributed by atoms with E-state index in [1.54, 1.807) is 0 Å². The van der Waals surface area contributed by atoms with Gasteiger partial charge in [-0.3, -0.25) is 10.3 Å². The smallest absolute Gasteiger partial charge is 0.195 e. The molecule has 1 aromatic carbocycles. The van der Waals surface area contributed by atoms with Crippen LogP contribution < -0.4 is 16.8 Å². The van der Waals surface area contributed by atoms with Crippen molar-refractivity contribution in [2.24, 2.45) is 21.5 Å². The molecule has 0 aliphatic carbocycles. The zero-order valence-corrected chi connectivity index (χ0v) is 12.5. The summed E-state index contributed by atoms with van der Waals surface area (Å²) in [6.45, 7) is 4.32. The first-order chi connectivity index (χ1) is 8.47. The van der Waals surface area contributed by atoms with Gasteiger partial charge < -0.3 is 11.5 Å². The molecule has 5 N–H and O–H groups in total. The summed E-state index contributed by atoms with van der Waals surface area (Å²) in [5.74, 6) is 0.509. The first kappa shape index (κ1) is 17.5. The van der Waals surface area contributed by atoms with Gasteiger partial charge in [-0.2, -0.15) is 0 Å². The lowest BCUT2D eigenvalue weighted by atomic mass is 10.2. The summed E-state index contributed by atoms with van der Waals surface area (Å²) >= 11 is 5.79. The third-order valence-corrected chi connectivity index (χ3v) is 2.25. The van der Waals surface area contributed by atoms with Crippen molar-refractivity contribution in [1.82, 2.24) is 5.32 Å². The number of rotatable bonds is 3. The monoisotopic (exact) mass is 303 g/mol. The highest BCUT2D eigenvalue weighted by molar-refractivity contribution is 6.30. The van der Waals surface area contributed by atoms with Crippen molar-refractivity contribution in [3.8, 4) is 0 Å². The molecule has 7 heteroatoms. The van der Waals surface area contributed by atoms with E-state index in [-0.39, 0.29) is 30.4 Å². The number of nitrogens with zero attached hydrogens (tertiary/aromatic N) is 2. The van der Waals surface area contributed by atoms with Crippen LogP contribution in [-0.2, 0) is 6.54 Å². The molecule has 0 heterocycles. The molecule has 1 aromatic rings. The predicted molar refractivity (Wildman–Crippen MR) is 83.9 cm³/mol. The highest BCUT2D eigenvalue weighted by atomic mass is 35.5. The summed E-state index contributed by atoms with van der Waals surface area (Å²) in [6, 6.07) is 7.52. The van der Waals surface area contributed by atoms with Crippen LogP contribution in [0.3, 0.4) is 0 Å². The summed E-state index contributed by atoms with van der Waals surface area (Å²) < 4.78 is 0. The lowest BCUT2D eigenvalue weighted by Gasteiger charge is -2.06. The Labute approximate surface area is 124 Å². The van der Waals surface area contributed by atoms with Crippen LogP contribution in [0.5, 0.6) is 0 Å². The molecule has 0 saturated carbocycles. The number of nitrogens with one attached hydrogen (secondary N) is 1. The molecule has 5 nitrogen and oxygen atoms in total. The Morgan fingerprint density at radius 3 is 2.32 bits per heavy atom. The number of hydrogen-bond donors (Lipinski definition) is 3. The van der Waals surface area contributed by atoms with E-state index in [0.717, 1.165) is 5.56 Å². The van der Waals surface area contributed by atoms with Crippen LogP contribution in [0.25, 0.3) is 0 Å². The summed E-state index contributed by atoms with van der Waals surface area (Å²) in [7, 11) is 0. The van der Waals surface area contributed by atoms with Gasteiger partial charge in [0.05, 0.1) is 6.54 Å². The van der Waals surface area contributed by atoms with E-state index in [0.29, 0.717) is 11.6 Å². The van der Waals surface area contributed by atoms with Gasteiger partial charge in [-0.25, -0.2) is 4.99 Å². The average molecular weight is 304 g/mol. The largest absolute Gasteiger partial charge is 0.370 e. The Hall–Kier alpha value is -1.46. The Morgan fingerprint density at radius 1 is 1.21 bits per heavy atom. The maximum absolute atomic E-state index is 5.79. The standard InChI is InChI=1S/C12H18ClN5.ClH/c1-8(2)17-12(15)18-11(14)16-7-9-3-5-10(13)6-4-9;/h3-6,8H,7H2,1-2H3,(H5,14,15,16,17,18);1H. The van der Waals surface area contributed by atoms with Crippen LogP contribution in [0.1, 0.15) is 19.4 Å². The van der Waals surface area contributed by atoms with Crippen molar-refractivity contribution in [3.63, 3.8) is 0 Å². The van der Waals surface area contributed by atoms with E-state index in [1.165, 1.54) is 0 Å². The van der Waals surface area contributed by atoms with Crippen LogP contribution in [-0.4, -0.2) is 18.0 Å². The van der Waals surface area contributed by atoms with Gasteiger partial charge >= 0.3 is 0 Å². The molecule has 0 bridgehead atoms. The SMILES string of the molecule is CC(C)N=C(N)NC(N)=NCc1ccc(Cl)cc1.Cl. The van der Waals surface area contributed by atoms with Crippen LogP contribution >= 0.6 is 24.0 Å². The molecule has 0 unspecified atom stereocenters. The fourth-order valence-electron chi connectivity index (χ4n) is 1.25. The second-order valence-corrected chi connectivity index (χ2v) is 4.50. The molecule has 0 atom stereocenters. The number of halogens is 2. The van der Waals surface area contributed by atoms with Gasteiger partial charge in [0.2, 0.25) is 0 Å². The molecule has 0 spiro atoms. The van der Waals surface area contributed by atoms with E-state index < -0.39 is 0 Å². The van der Waals surface area contributed by atoms with Gasteiger partial charge in [0.25, 0.3) is 0 Å². The Morgan fingerprint density at radius 2 is 1.79 bits per heavy atom. The van der Waals surface area contributed by atoms with Gasteiger partial charge in [0.15, 0.2) is 11.9 Å². The Kier molecular flexibility index (Phi) is 7.95. The Balaban J connectivity index is 0.00000324. The molecule has 0 saturated heterocycles. The lowest BCUT2D eigenvalue weighted by molar-refractivity contribution is 0.827. The van der Waals surface area contributed by atoms with Crippen LogP contribution in [0.4, 0.5) is 0 Å². The second kappa shape index (κ2) is 8.61. The summed E-state index contributed by atoms with van der Waals surface area (Å²) in [5.41, 5.74) is 12.3. The average Bonchev–Trinajstić information content (AvgIpc) is 2.27. The van der Waals surface area contributed by atoms with Crippen molar-refractivity contribution in [1.29, 1.82) is 0 Å². The fourth-order valence-corrected chi connectivity index (χ4v) is 1.37. The number of guanidine groups is 2. The molecule has 19 heavy (non-hydrogen) atoms. The van der Waals surface area contributed by atoms with Crippen molar-refractivity contribution in [2.45, 2.75) is 26.4 Å². The van der Waals surface area contributed by atoms with Crippen molar-refractivity contribution in [3.05, 3.63) is 34.9 Å². The molecular weight excluding hydrogens is 285 g/mol. The molecule has 1 rings (SSSR count). The lowest BCUT2D eigenvalue weighted by Crippen LogP contribution is -2.42. The van der Waals surface area contributed by atoms with Crippen molar-refractivity contribution < 1.29 is 0 Å². The highest BCUT2D eigenvalue weighted by Gasteiger charge is 1.97. The normalized spacial score (nSPS) is 12.2. The molecule has 0 fully saturated rings. The van der Waals surface area contributed by atoms with Gasteiger partial charge in [-0.15, -0.1) is 12.4 Å². The minimum atomic E-state index is 0. The van der Waals surface area contributed by atoms with Crippen LogP contribution in [0.2, 0.25) is 5.02 Å². The predicted octanol–water partition coefficient (Wildman–Crippen LogP) is 1.89. The molecule has 0 aliphatic heterocycles. The second-order valence-electron chi connectivity index (χ2n) is 4.06. The van der Waals surface area contributed by atoms with Gasteiger partial charge in [-0.1, -0.05) is 23.7 Å². The van der Waals surface area contributed by atoms with E-state index >= 15 is 0 Å². The minimum Gasteiger partial charge on any atom is -0.370 e. The van der Waals surface area contributed by atoms with Gasteiger partial charge in [-0.05, 0) is 31.5 Å². The van der Waals surface area contributed by atoms with Gasteiger partial charge in [0.1, 0.15) is 0 Å². The maximum atomic E-state index is 5.79. The molecule has 0 amide bonds. The van der Waals surface area contributed by atoms with E-state index in [4.69, 9.17) is 23.1 Å². The topological polar surface area (TPSA) is 88.8 Å². The van der Waals surface area contributed by atoms with Crippen LogP contribution in [0, 0.1) is 0 Å². The third kappa shape index (κ3) is 7.54. The number of benzene rings is 1. The zero-order chi connectivity index (χ0) is 13.5. The van der Waals surface area contributed by atoms with E-state index in [9.17, 15) is 0 Å². The molecule has 0 aliphatic rings. The number of nitrogens with two attached hydrogens (primary N) is 2. The van der Waals surface area contributed by atoms with Gasteiger partial charge in [0, 0.05) is 11.1 Å².